The van der Waals surface area contributed by atoms with Gasteiger partial charge in [-0.15, -0.1) is 0 Å². The van der Waals surface area contributed by atoms with Crippen LogP contribution in [0.2, 0.25) is 0 Å². The van der Waals surface area contributed by atoms with Gasteiger partial charge in [-0.05, 0) is 44.0 Å². The Morgan fingerprint density at radius 2 is 2.00 bits per heavy atom. The van der Waals surface area contributed by atoms with E-state index in [0.29, 0.717) is 12.1 Å². The number of halogens is 3. The summed E-state index contributed by atoms with van der Waals surface area (Å²) in [5, 5.41) is 11.6. The van der Waals surface area contributed by atoms with Crippen LogP contribution in [-0.2, 0) is 20.5 Å². The largest absolute Gasteiger partial charge is 0.416 e. The number of amides is 2. The van der Waals surface area contributed by atoms with Crippen LogP contribution < -0.4 is 21.3 Å². The summed E-state index contributed by atoms with van der Waals surface area (Å²) in [6, 6.07) is 3.31. The molecule has 2 aliphatic rings. The van der Waals surface area contributed by atoms with Gasteiger partial charge in [-0.25, -0.2) is 0 Å². The summed E-state index contributed by atoms with van der Waals surface area (Å²) in [4.78, 5) is 24.6. The van der Waals surface area contributed by atoms with Crippen LogP contribution in [0.5, 0.6) is 0 Å². The molecule has 0 saturated carbocycles. The van der Waals surface area contributed by atoms with Crippen LogP contribution in [0.1, 0.15) is 43.4 Å². The quantitative estimate of drug-likeness (QED) is 0.585. The minimum Gasteiger partial charge on any atom is -0.348 e. The second-order valence-corrected chi connectivity index (χ2v) is 7.33. The smallest absolute Gasteiger partial charge is 0.348 e. The highest BCUT2D eigenvalue weighted by atomic mass is 19.4. The predicted molar refractivity (Wildman–Crippen MR) is 98.4 cm³/mol. The minimum absolute atomic E-state index is 0.0473. The Balaban J connectivity index is 1.56. The van der Waals surface area contributed by atoms with Crippen molar-refractivity contribution < 1.29 is 27.5 Å². The summed E-state index contributed by atoms with van der Waals surface area (Å²) in [5.41, 5.74) is -0.213. The summed E-state index contributed by atoms with van der Waals surface area (Å²) in [6.07, 6.45) is -3.45. The first-order chi connectivity index (χ1) is 13.7. The summed E-state index contributed by atoms with van der Waals surface area (Å²) < 4.78 is 43.9. The Morgan fingerprint density at radius 3 is 2.62 bits per heavy atom. The fraction of sp³-hybridized carbons (Fsp3) is 0.579. The van der Waals surface area contributed by atoms with Gasteiger partial charge < -0.3 is 20.7 Å². The summed E-state index contributed by atoms with van der Waals surface area (Å²) >= 11 is 0. The third-order valence-corrected chi connectivity index (χ3v) is 5.03. The van der Waals surface area contributed by atoms with E-state index in [1.54, 1.807) is 6.92 Å². The number of rotatable bonds is 5. The lowest BCUT2D eigenvalue weighted by Gasteiger charge is -2.34. The van der Waals surface area contributed by atoms with Gasteiger partial charge >= 0.3 is 6.18 Å². The Bertz CT molecular complexity index is 720. The van der Waals surface area contributed by atoms with Crippen LogP contribution in [0.4, 0.5) is 13.2 Å². The lowest BCUT2D eigenvalue weighted by atomic mass is 10.0. The third-order valence-electron chi connectivity index (χ3n) is 5.03. The van der Waals surface area contributed by atoms with Gasteiger partial charge in [-0.3, -0.25) is 14.9 Å². The summed E-state index contributed by atoms with van der Waals surface area (Å²) in [5.74, 6) is -0.720. The number of alkyl halides is 3. The maximum absolute atomic E-state index is 12.7. The Kier molecular flexibility index (Phi) is 6.76. The zero-order valence-electron chi connectivity index (χ0n) is 16.0. The molecule has 1 aromatic rings. The highest BCUT2D eigenvalue weighted by Gasteiger charge is 2.33. The van der Waals surface area contributed by atoms with Crippen LogP contribution >= 0.6 is 0 Å². The van der Waals surface area contributed by atoms with Gasteiger partial charge in [0.2, 0.25) is 11.8 Å². The van der Waals surface area contributed by atoms with Crippen LogP contribution in [0.25, 0.3) is 0 Å². The molecule has 0 aliphatic carbocycles. The molecule has 29 heavy (non-hydrogen) atoms. The van der Waals surface area contributed by atoms with Crippen LogP contribution in [0.3, 0.4) is 0 Å². The number of ether oxygens (including phenoxy) is 1. The summed E-state index contributed by atoms with van der Waals surface area (Å²) in [7, 11) is 0. The molecule has 3 rings (SSSR count). The predicted octanol–water partition coefficient (Wildman–Crippen LogP) is 1.41. The van der Waals surface area contributed by atoms with E-state index in [1.807, 2.05) is 0 Å². The zero-order valence-corrected chi connectivity index (χ0v) is 16.0. The van der Waals surface area contributed by atoms with E-state index in [0.717, 1.165) is 31.5 Å². The van der Waals surface area contributed by atoms with Crippen molar-refractivity contribution in [1.82, 2.24) is 21.3 Å². The second kappa shape index (κ2) is 9.10. The lowest BCUT2D eigenvalue weighted by molar-refractivity contribution is -0.143. The van der Waals surface area contributed by atoms with E-state index in [1.165, 1.54) is 12.1 Å². The SMILES string of the molecule is CC(NC(=O)C1CC(=O)NC(OC2CCCNC2)N1)c1ccc(C(F)(F)F)cc1. The Morgan fingerprint density at radius 1 is 1.28 bits per heavy atom. The molecule has 0 aromatic heterocycles. The molecule has 7 nitrogen and oxygen atoms in total. The first-order valence-electron chi connectivity index (χ1n) is 9.61. The molecule has 0 bridgehead atoms. The van der Waals surface area contributed by atoms with Gasteiger partial charge in [-0.1, -0.05) is 12.1 Å². The van der Waals surface area contributed by atoms with Crippen molar-refractivity contribution in [3.63, 3.8) is 0 Å². The van der Waals surface area contributed by atoms with E-state index >= 15 is 0 Å². The van der Waals surface area contributed by atoms with Crippen molar-refractivity contribution in [2.45, 2.75) is 56.9 Å². The maximum Gasteiger partial charge on any atom is 0.416 e. The van der Waals surface area contributed by atoms with Gasteiger partial charge in [-0.2, -0.15) is 13.2 Å². The normalized spacial score (nSPS) is 26.5. The number of nitrogens with one attached hydrogen (secondary N) is 4. The average molecular weight is 414 g/mol. The topological polar surface area (TPSA) is 91.5 Å². The minimum atomic E-state index is -4.41. The molecule has 2 heterocycles. The van der Waals surface area contributed by atoms with Gasteiger partial charge in [0.1, 0.15) is 0 Å². The number of hydrogen-bond donors (Lipinski definition) is 4. The fourth-order valence-corrected chi connectivity index (χ4v) is 3.40. The number of carbonyl (C=O) groups excluding carboxylic acids is 2. The van der Waals surface area contributed by atoms with Crippen LogP contribution in [-0.4, -0.2) is 43.4 Å². The third kappa shape index (κ3) is 5.91. The van der Waals surface area contributed by atoms with E-state index in [9.17, 15) is 22.8 Å². The van der Waals surface area contributed by atoms with Gasteiger partial charge in [0.25, 0.3) is 0 Å². The number of benzene rings is 1. The van der Waals surface area contributed by atoms with Crippen molar-refractivity contribution in [2.75, 3.05) is 13.1 Å². The molecular formula is C19H25F3N4O3. The molecule has 10 heteroatoms. The number of piperidine rings is 1. The van der Waals surface area contributed by atoms with Crippen molar-refractivity contribution in [2.24, 2.45) is 0 Å². The molecule has 4 N–H and O–H groups in total. The molecule has 2 saturated heterocycles. The number of carbonyl (C=O) groups is 2. The molecule has 2 amide bonds. The standard InChI is InChI=1S/C19H25F3N4O3/c1-11(12-4-6-13(7-5-12)19(20,21)22)24-17(28)15-9-16(27)26-18(25-15)29-14-3-2-8-23-10-14/h4-7,11,14-15,18,23,25H,2-3,8-10H2,1H3,(H,24,28)(H,26,27). The molecule has 0 spiro atoms. The summed E-state index contributed by atoms with van der Waals surface area (Å²) in [6.45, 7) is 3.28. The monoisotopic (exact) mass is 414 g/mol. The Labute approximate surface area is 166 Å². The van der Waals surface area contributed by atoms with Gasteiger partial charge in [0.15, 0.2) is 6.35 Å². The van der Waals surface area contributed by atoms with Crippen molar-refractivity contribution in [1.29, 1.82) is 0 Å². The van der Waals surface area contributed by atoms with E-state index < -0.39 is 36.1 Å². The van der Waals surface area contributed by atoms with Gasteiger partial charge in [0.05, 0.1) is 30.2 Å². The molecule has 2 aliphatic heterocycles. The van der Waals surface area contributed by atoms with E-state index in [4.69, 9.17) is 4.74 Å². The maximum atomic E-state index is 12.7. The van der Waals surface area contributed by atoms with Crippen molar-refractivity contribution >= 4 is 11.8 Å². The van der Waals surface area contributed by atoms with Crippen LogP contribution in [0.15, 0.2) is 24.3 Å². The highest BCUT2D eigenvalue weighted by molar-refractivity contribution is 5.89. The lowest BCUT2D eigenvalue weighted by Crippen LogP contribution is -2.62. The van der Waals surface area contributed by atoms with Crippen molar-refractivity contribution in [3.05, 3.63) is 35.4 Å². The van der Waals surface area contributed by atoms with Crippen LogP contribution in [0, 0.1) is 0 Å². The average Bonchev–Trinajstić information content (AvgIpc) is 2.67. The van der Waals surface area contributed by atoms with E-state index in [-0.39, 0.29) is 18.4 Å². The second-order valence-electron chi connectivity index (χ2n) is 7.33. The number of hydrogen-bond acceptors (Lipinski definition) is 5. The fourth-order valence-electron chi connectivity index (χ4n) is 3.40. The Hall–Kier alpha value is -2.17. The molecular weight excluding hydrogens is 389 g/mol. The van der Waals surface area contributed by atoms with Crippen molar-refractivity contribution in [3.8, 4) is 0 Å². The van der Waals surface area contributed by atoms with E-state index in [2.05, 4.69) is 21.3 Å². The first-order valence-corrected chi connectivity index (χ1v) is 9.61. The zero-order chi connectivity index (χ0) is 21.0. The first kappa shape index (κ1) is 21.5. The molecule has 0 radical (unpaired) electrons. The van der Waals surface area contributed by atoms with Gasteiger partial charge in [0, 0.05) is 6.54 Å². The molecule has 160 valence electrons. The molecule has 1 aromatic carbocycles. The molecule has 4 atom stereocenters. The molecule has 4 unspecified atom stereocenters. The molecule has 2 fully saturated rings. The highest BCUT2D eigenvalue weighted by Crippen LogP contribution is 2.29.